The summed E-state index contributed by atoms with van der Waals surface area (Å²) in [7, 11) is 0. The number of likely N-dealkylation sites (tertiary alicyclic amines) is 1. The van der Waals surface area contributed by atoms with Crippen LogP contribution in [0.3, 0.4) is 0 Å². The molecule has 0 spiro atoms. The van der Waals surface area contributed by atoms with Gasteiger partial charge in [-0.25, -0.2) is 0 Å². The molecule has 2 aromatic rings. The lowest BCUT2D eigenvalue weighted by Crippen LogP contribution is -2.35. The molecule has 2 heterocycles. The first-order valence-electron chi connectivity index (χ1n) is 9.31. The lowest BCUT2D eigenvalue weighted by molar-refractivity contribution is 0.0724. The molecule has 1 N–H and O–H groups in total. The number of hydrogen-bond acceptors (Lipinski definition) is 3. The maximum absolute atomic E-state index is 12.6. The van der Waals surface area contributed by atoms with E-state index in [0.29, 0.717) is 17.8 Å². The lowest BCUT2D eigenvalue weighted by atomic mass is 10.1. The number of nitrogens with one attached hydrogen (secondary N) is 1. The van der Waals surface area contributed by atoms with E-state index in [4.69, 9.17) is 0 Å². The third-order valence-electron chi connectivity index (χ3n) is 4.65. The number of nitrogens with zero attached hydrogens (tertiary/aromatic N) is 2. The number of aryl methyl sites for hydroxylation is 1. The topological polar surface area (TPSA) is 62.3 Å². The monoisotopic (exact) mass is 351 g/mol. The fourth-order valence-corrected chi connectivity index (χ4v) is 3.20. The summed E-state index contributed by atoms with van der Waals surface area (Å²) in [6.07, 6.45) is 6.59. The van der Waals surface area contributed by atoms with E-state index in [-0.39, 0.29) is 11.8 Å². The van der Waals surface area contributed by atoms with Crippen molar-refractivity contribution in [1.29, 1.82) is 0 Å². The van der Waals surface area contributed by atoms with Gasteiger partial charge in [0.1, 0.15) is 5.69 Å². The number of carbonyl (C=O) groups excluding carboxylic acids is 2. The van der Waals surface area contributed by atoms with E-state index < -0.39 is 0 Å². The zero-order valence-electron chi connectivity index (χ0n) is 15.0. The van der Waals surface area contributed by atoms with Crippen LogP contribution in [-0.2, 0) is 6.42 Å². The molecular formula is C21H25N3O2. The summed E-state index contributed by atoms with van der Waals surface area (Å²) in [6.45, 7) is 2.17. The molecule has 1 aromatic heterocycles. The van der Waals surface area contributed by atoms with Crippen molar-refractivity contribution in [3.8, 4) is 0 Å². The molecule has 0 bridgehead atoms. The van der Waals surface area contributed by atoms with Gasteiger partial charge in [-0.15, -0.1) is 0 Å². The second-order valence-electron chi connectivity index (χ2n) is 6.63. The maximum Gasteiger partial charge on any atom is 0.269 e. The summed E-state index contributed by atoms with van der Waals surface area (Å²) in [5.74, 6) is -0.239. The zero-order valence-corrected chi connectivity index (χ0v) is 15.0. The van der Waals surface area contributed by atoms with Gasteiger partial charge in [-0.05, 0) is 49.8 Å². The summed E-state index contributed by atoms with van der Waals surface area (Å²) in [5, 5.41) is 2.89. The van der Waals surface area contributed by atoms with E-state index in [0.717, 1.165) is 38.8 Å². The highest BCUT2D eigenvalue weighted by molar-refractivity contribution is 5.98. The summed E-state index contributed by atoms with van der Waals surface area (Å²) in [5.41, 5.74) is 2.10. The van der Waals surface area contributed by atoms with Crippen molar-refractivity contribution < 1.29 is 9.59 Å². The van der Waals surface area contributed by atoms with Gasteiger partial charge in [-0.1, -0.05) is 30.3 Å². The van der Waals surface area contributed by atoms with Gasteiger partial charge in [0.15, 0.2) is 0 Å². The van der Waals surface area contributed by atoms with E-state index in [9.17, 15) is 9.59 Å². The highest BCUT2D eigenvalue weighted by Crippen LogP contribution is 2.13. The summed E-state index contributed by atoms with van der Waals surface area (Å²) in [6, 6.07) is 13.5. The van der Waals surface area contributed by atoms with E-state index in [1.54, 1.807) is 12.1 Å². The molecule has 0 atom stereocenters. The molecular weight excluding hydrogens is 326 g/mol. The van der Waals surface area contributed by atoms with Crippen molar-refractivity contribution in [3.63, 3.8) is 0 Å². The number of aromatic nitrogens is 1. The van der Waals surface area contributed by atoms with Gasteiger partial charge in [0.05, 0.1) is 0 Å². The van der Waals surface area contributed by atoms with E-state index >= 15 is 0 Å². The smallest absolute Gasteiger partial charge is 0.269 e. The molecule has 1 fully saturated rings. The Bertz CT molecular complexity index is 740. The Morgan fingerprint density at radius 1 is 1.04 bits per heavy atom. The Balaban J connectivity index is 1.52. The van der Waals surface area contributed by atoms with Crippen LogP contribution in [0.5, 0.6) is 0 Å². The first-order chi connectivity index (χ1) is 12.7. The first kappa shape index (κ1) is 18.1. The largest absolute Gasteiger partial charge is 0.351 e. The fourth-order valence-electron chi connectivity index (χ4n) is 3.20. The van der Waals surface area contributed by atoms with Crippen LogP contribution < -0.4 is 5.32 Å². The van der Waals surface area contributed by atoms with Crippen LogP contribution in [-0.4, -0.2) is 41.3 Å². The van der Waals surface area contributed by atoms with Crippen LogP contribution in [0, 0.1) is 0 Å². The van der Waals surface area contributed by atoms with Crippen molar-refractivity contribution in [2.24, 2.45) is 0 Å². The predicted molar refractivity (Wildman–Crippen MR) is 101 cm³/mol. The Hall–Kier alpha value is -2.69. The Kier molecular flexibility index (Phi) is 6.36. The van der Waals surface area contributed by atoms with Crippen molar-refractivity contribution in [3.05, 3.63) is 65.5 Å². The summed E-state index contributed by atoms with van der Waals surface area (Å²) in [4.78, 5) is 30.8. The predicted octanol–water partition coefficient (Wildman–Crippen LogP) is 3.07. The second-order valence-corrected chi connectivity index (χ2v) is 6.63. The molecule has 5 heteroatoms. The van der Waals surface area contributed by atoms with Crippen molar-refractivity contribution >= 4 is 11.8 Å². The first-order valence-corrected chi connectivity index (χ1v) is 9.31. The number of hydrogen-bond donors (Lipinski definition) is 1. The normalized spacial score (nSPS) is 14.1. The van der Waals surface area contributed by atoms with Crippen molar-refractivity contribution in [1.82, 2.24) is 15.2 Å². The number of amides is 2. The number of pyridine rings is 1. The molecule has 1 aromatic carbocycles. The summed E-state index contributed by atoms with van der Waals surface area (Å²) < 4.78 is 0. The highest BCUT2D eigenvalue weighted by atomic mass is 16.2. The number of piperidine rings is 1. The number of benzene rings is 1. The minimum atomic E-state index is -0.230. The molecule has 1 saturated heterocycles. The van der Waals surface area contributed by atoms with Crippen LogP contribution in [0.25, 0.3) is 0 Å². The maximum atomic E-state index is 12.6. The van der Waals surface area contributed by atoms with Gasteiger partial charge in [0, 0.05) is 31.4 Å². The average molecular weight is 351 g/mol. The van der Waals surface area contributed by atoms with Gasteiger partial charge in [0.25, 0.3) is 11.8 Å². The quantitative estimate of drug-likeness (QED) is 0.814. The van der Waals surface area contributed by atoms with Gasteiger partial charge >= 0.3 is 0 Å². The Morgan fingerprint density at radius 2 is 1.81 bits per heavy atom. The molecule has 5 nitrogen and oxygen atoms in total. The molecule has 26 heavy (non-hydrogen) atoms. The number of carbonyl (C=O) groups is 2. The van der Waals surface area contributed by atoms with Gasteiger partial charge in [0.2, 0.25) is 0 Å². The molecule has 1 aliphatic rings. The third-order valence-corrected chi connectivity index (χ3v) is 4.65. The van der Waals surface area contributed by atoms with Gasteiger partial charge < -0.3 is 10.2 Å². The minimum absolute atomic E-state index is 0.00905. The lowest BCUT2D eigenvalue weighted by Gasteiger charge is -2.26. The standard InChI is InChI=1S/C21H25N3O2/c25-20(23-12-7-10-17-8-3-1-4-9-17)19-16-18(11-13-22-19)21(26)24-14-5-2-6-15-24/h1,3-4,8-9,11,13,16H,2,5-7,10,12,14-15H2,(H,23,25). The minimum Gasteiger partial charge on any atom is -0.351 e. The zero-order chi connectivity index (χ0) is 18.2. The fraction of sp³-hybridized carbons (Fsp3) is 0.381. The Labute approximate surface area is 154 Å². The van der Waals surface area contributed by atoms with Crippen LogP contribution in [0.15, 0.2) is 48.7 Å². The van der Waals surface area contributed by atoms with Crippen LogP contribution in [0.4, 0.5) is 0 Å². The second kappa shape index (κ2) is 9.13. The van der Waals surface area contributed by atoms with Crippen molar-refractivity contribution in [2.45, 2.75) is 32.1 Å². The summed E-state index contributed by atoms with van der Waals surface area (Å²) >= 11 is 0. The Morgan fingerprint density at radius 3 is 2.58 bits per heavy atom. The molecule has 2 amide bonds. The molecule has 0 aliphatic carbocycles. The van der Waals surface area contributed by atoms with Crippen LogP contribution >= 0.6 is 0 Å². The molecule has 3 rings (SSSR count). The van der Waals surface area contributed by atoms with Crippen LogP contribution in [0.1, 0.15) is 52.1 Å². The van der Waals surface area contributed by atoms with Crippen LogP contribution in [0.2, 0.25) is 0 Å². The highest BCUT2D eigenvalue weighted by Gasteiger charge is 2.19. The van der Waals surface area contributed by atoms with Crippen molar-refractivity contribution in [2.75, 3.05) is 19.6 Å². The molecule has 136 valence electrons. The molecule has 0 radical (unpaired) electrons. The molecule has 1 aliphatic heterocycles. The van der Waals surface area contributed by atoms with E-state index in [1.165, 1.54) is 18.2 Å². The van der Waals surface area contributed by atoms with E-state index in [1.807, 2.05) is 23.1 Å². The molecule has 0 saturated carbocycles. The average Bonchev–Trinajstić information content (AvgIpc) is 2.72. The third kappa shape index (κ3) is 4.91. The van der Waals surface area contributed by atoms with Gasteiger partial charge in [-0.3, -0.25) is 14.6 Å². The number of rotatable bonds is 6. The SMILES string of the molecule is O=C(NCCCc1ccccc1)c1cc(C(=O)N2CCCCC2)ccn1. The van der Waals surface area contributed by atoms with E-state index in [2.05, 4.69) is 22.4 Å². The molecule has 0 unspecified atom stereocenters. The van der Waals surface area contributed by atoms with Gasteiger partial charge in [-0.2, -0.15) is 0 Å².